The molecule has 0 aliphatic heterocycles. The molecule has 21 heavy (non-hydrogen) atoms. The van der Waals surface area contributed by atoms with Crippen LogP contribution in [0.4, 0.5) is 10.2 Å². The van der Waals surface area contributed by atoms with E-state index in [0.29, 0.717) is 18.1 Å². The van der Waals surface area contributed by atoms with E-state index in [9.17, 15) is 9.18 Å². The molecule has 0 saturated heterocycles. The van der Waals surface area contributed by atoms with Crippen LogP contribution in [0.5, 0.6) is 0 Å². The average molecular weight is 289 g/mol. The fourth-order valence-corrected chi connectivity index (χ4v) is 1.83. The highest BCUT2D eigenvalue weighted by Crippen LogP contribution is 2.08. The van der Waals surface area contributed by atoms with Crippen molar-refractivity contribution in [3.8, 4) is 0 Å². The van der Waals surface area contributed by atoms with Gasteiger partial charge in [-0.2, -0.15) is 0 Å². The van der Waals surface area contributed by atoms with Crippen molar-refractivity contribution in [3.05, 3.63) is 53.2 Å². The van der Waals surface area contributed by atoms with Crippen molar-refractivity contribution in [3.63, 3.8) is 0 Å². The summed E-state index contributed by atoms with van der Waals surface area (Å²) in [6.45, 7) is 2.39. The first kappa shape index (κ1) is 14.9. The minimum absolute atomic E-state index is 0.0294. The molecule has 0 fully saturated rings. The van der Waals surface area contributed by atoms with Gasteiger partial charge < -0.3 is 10.1 Å². The number of methoxy groups -OCH3 is 1. The zero-order valence-corrected chi connectivity index (χ0v) is 11.9. The summed E-state index contributed by atoms with van der Waals surface area (Å²) >= 11 is 0. The van der Waals surface area contributed by atoms with E-state index in [0.717, 1.165) is 12.0 Å². The molecule has 1 aromatic heterocycles. The standard InChI is InChI=1S/C15H16FN3O2/c1-10-9-13(19-14(18-10)15(20)21-2)17-8-7-11-3-5-12(16)6-4-11/h3-6,9H,7-8H2,1-2H3,(H,17,18,19). The van der Waals surface area contributed by atoms with Crippen LogP contribution in [0.25, 0.3) is 0 Å². The van der Waals surface area contributed by atoms with Crippen molar-refractivity contribution in [2.24, 2.45) is 0 Å². The van der Waals surface area contributed by atoms with Gasteiger partial charge in [0.15, 0.2) is 0 Å². The van der Waals surface area contributed by atoms with Crippen molar-refractivity contribution in [2.45, 2.75) is 13.3 Å². The van der Waals surface area contributed by atoms with Crippen LogP contribution in [-0.4, -0.2) is 29.6 Å². The largest absolute Gasteiger partial charge is 0.463 e. The minimum Gasteiger partial charge on any atom is -0.463 e. The van der Waals surface area contributed by atoms with Gasteiger partial charge in [0.2, 0.25) is 5.82 Å². The Bertz CT molecular complexity index is 629. The third-order valence-electron chi connectivity index (χ3n) is 2.86. The van der Waals surface area contributed by atoms with Crippen molar-refractivity contribution in [2.75, 3.05) is 19.0 Å². The van der Waals surface area contributed by atoms with Gasteiger partial charge in [-0.3, -0.25) is 0 Å². The second-order valence-electron chi connectivity index (χ2n) is 4.51. The first-order valence-electron chi connectivity index (χ1n) is 6.51. The predicted octanol–water partition coefficient (Wildman–Crippen LogP) is 2.37. The summed E-state index contributed by atoms with van der Waals surface area (Å²) in [6.07, 6.45) is 0.719. The molecule has 1 N–H and O–H groups in total. The highest BCUT2D eigenvalue weighted by atomic mass is 19.1. The van der Waals surface area contributed by atoms with Gasteiger partial charge in [-0.1, -0.05) is 12.1 Å². The van der Waals surface area contributed by atoms with E-state index in [1.807, 2.05) is 0 Å². The van der Waals surface area contributed by atoms with Crippen LogP contribution in [0.3, 0.4) is 0 Å². The first-order valence-corrected chi connectivity index (χ1v) is 6.51. The van der Waals surface area contributed by atoms with E-state index in [1.54, 1.807) is 25.1 Å². The number of nitrogens with one attached hydrogen (secondary N) is 1. The fraction of sp³-hybridized carbons (Fsp3) is 0.267. The number of hydrogen-bond donors (Lipinski definition) is 1. The van der Waals surface area contributed by atoms with Crippen LogP contribution in [0.1, 0.15) is 21.9 Å². The maximum atomic E-state index is 12.8. The lowest BCUT2D eigenvalue weighted by Gasteiger charge is -2.08. The van der Waals surface area contributed by atoms with Crippen LogP contribution in [0.2, 0.25) is 0 Å². The minimum atomic E-state index is -0.569. The molecule has 2 aromatic rings. The van der Waals surface area contributed by atoms with Gasteiger partial charge >= 0.3 is 5.97 Å². The van der Waals surface area contributed by atoms with Crippen molar-refractivity contribution in [1.82, 2.24) is 9.97 Å². The highest BCUT2D eigenvalue weighted by Gasteiger charge is 2.11. The van der Waals surface area contributed by atoms with E-state index in [-0.39, 0.29) is 11.6 Å². The molecule has 1 heterocycles. The normalized spacial score (nSPS) is 10.2. The topological polar surface area (TPSA) is 64.1 Å². The summed E-state index contributed by atoms with van der Waals surface area (Å²) < 4.78 is 17.4. The maximum absolute atomic E-state index is 12.8. The highest BCUT2D eigenvalue weighted by molar-refractivity contribution is 5.85. The first-order chi connectivity index (χ1) is 10.1. The van der Waals surface area contributed by atoms with Gasteiger partial charge in [-0.15, -0.1) is 0 Å². The average Bonchev–Trinajstić information content (AvgIpc) is 2.48. The molecular formula is C15H16FN3O2. The van der Waals surface area contributed by atoms with E-state index in [1.165, 1.54) is 19.2 Å². The fourth-order valence-electron chi connectivity index (χ4n) is 1.83. The van der Waals surface area contributed by atoms with Gasteiger partial charge in [0.05, 0.1) is 7.11 Å². The van der Waals surface area contributed by atoms with Gasteiger partial charge in [-0.05, 0) is 31.0 Å². The molecule has 6 heteroatoms. The molecule has 0 atom stereocenters. The van der Waals surface area contributed by atoms with Crippen molar-refractivity contribution >= 4 is 11.8 Å². The van der Waals surface area contributed by atoms with Crippen LogP contribution in [-0.2, 0) is 11.2 Å². The molecule has 0 aliphatic carbocycles. The summed E-state index contributed by atoms with van der Waals surface area (Å²) in [4.78, 5) is 19.5. The third-order valence-corrected chi connectivity index (χ3v) is 2.86. The van der Waals surface area contributed by atoms with Crippen LogP contribution < -0.4 is 5.32 Å². The van der Waals surface area contributed by atoms with Gasteiger partial charge in [0.25, 0.3) is 0 Å². The number of nitrogens with zero attached hydrogens (tertiary/aromatic N) is 2. The molecular weight excluding hydrogens is 273 g/mol. The van der Waals surface area contributed by atoms with Crippen molar-refractivity contribution < 1.29 is 13.9 Å². The number of carbonyl (C=O) groups is 1. The smallest absolute Gasteiger partial charge is 0.376 e. The molecule has 1 aromatic carbocycles. The zero-order valence-electron chi connectivity index (χ0n) is 11.9. The van der Waals surface area contributed by atoms with E-state index < -0.39 is 5.97 Å². The number of aryl methyl sites for hydroxylation is 1. The molecule has 0 spiro atoms. The van der Waals surface area contributed by atoms with Gasteiger partial charge in [0.1, 0.15) is 11.6 Å². The van der Waals surface area contributed by atoms with E-state index in [2.05, 4.69) is 20.0 Å². The molecule has 0 aliphatic rings. The molecule has 0 bridgehead atoms. The van der Waals surface area contributed by atoms with Crippen molar-refractivity contribution in [1.29, 1.82) is 0 Å². The molecule has 5 nitrogen and oxygen atoms in total. The third kappa shape index (κ3) is 4.24. The number of esters is 1. The Morgan fingerprint density at radius 1 is 1.29 bits per heavy atom. The quantitative estimate of drug-likeness (QED) is 0.856. The molecule has 110 valence electrons. The summed E-state index contributed by atoms with van der Waals surface area (Å²) in [5, 5.41) is 3.12. The Morgan fingerprint density at radius 2 is 2.00 bits per heavy atom. The van der Waals surface area contributed by atoms with Gasteiger partial charge in [-0.25, -0.2) is 19.2 Å². The number of aromatic nitrogens is 2. The Morgan fingerprint density at radius 3 is 2.67 bits per heavy atom. The number of rotatable bonds is 5. The summed E-state index contributed by atoms with van der Waals surface area (Å²) in [6, 6.07) is 8.08. The molecule has 2 rings (SSSR count). The number of benzene rings is 1. The lowest BCUT2D eigenvalue weighted by molar-refractivity contribution is 0.0586. The zero-order chi connectivity index (χ0) is 15.2. The van der Waals surface area contributed by atoms with E-state index in [4.69, 9.17) is 0 Å². The van der Waals surface area contributed by atoms with E-state index >= 15 is 0 Å². The number of ether oxygens (including phenoxy) is 1. The summed E-state index contributed by atoms with van der Waals surface area (Å²) in [5.74, 6) is -0.229. The predicted molar refractivity (Wildman–Crippen MR) is 76.7 cm³/mol. The summed E-state index contributed by atoms with van der Waals surface area (Å²) in [5.41, 5.74) is 1.69. The second kappa shape index (κ2) is 6.78. The number of anilines is 1. The van der Waals surface area contributed by atoms with Crippen LogP contribution in [0, 0.1) is 12.7 Å². The Hall–Kier alpha value is -2.50. The lowest BCUT2D eigenvalue weighted by Crippen LogP contribution is -2.12. The van der Waals surface area contributed by atoms with Crippen LogP contribution >= 0.6 is 0 Å². The lowest BCUT2D eigenvalue weighted by atomic mass is 10.1. The molecule has 0 saturated carbocycles. The maximum Gasteiger partial charge on any atom is 0.376 e. The van der Waals surface area contributed by atoms with Crippen LogP contribution in [0.15, 0.2) is 30.3 Å². The Kier molecular flexibility index (Phi) is 4.81. The Balaban J connectivity index is 1.98. The number of hydrogen-bond acceptors (Lipinski definition) is 5. The van der Waals surface area contributed by atoms with Gasteiger partial charge in [0, 0.05) is 18.3 Å². The molecule has 0 amide bonds. The number of halogens is 1. The molecule has 0 radical (unpaired) electrons. The number of carbonyl (C=O) groups excluding carboxylic acids is 1. The summed E-state index contributed by atoms with van der Waals surface area (Å²) in [7, 11) is 1.29. The second-order valence-corrected chi connectivity index (χ2v) is 4.51. The monoisotopic (exact) mass is 289 g/mol. The SMILES string of the molecule is COC(=O)c1nc(C)cc(NCCc2ccc(F)cc2)n1. The molecule has 0 unspecified atom stereocenters. The Labute approximate surface area is 122 Å².